The molecule has 96 valence electrons. The van der Waals surface area contributed by atoms with E-state index in [2.05, 4.69) is 13.0 Å². The van der Waals surface area contributed by atoms with Crippen LogP contribution in [0.2, 0.25) is 0 Å². The smallest absolute Gasteiger partial charge is 0.165 e. The van der Waals surface area contributed by atoms with Crippen LogP contribution in [0.3, 0.4) is 0 Å². The van der Waals surface area contributed by atoms with Gasteiger partial charge in [0.2, 0.25) is 0 Å². The largest absolute Gasteiger partial charge is 0.204 e. The van der Waals surface area contributed by atoms with Gasteiger partial charge >= 0.3 is 0 Å². The summed E-state index contributed by atoms with van der Waals surface area (Å²) in [6.07, 6.45) is 7.48. The minimum absolute atomic E-state index is 0.372. The zero-order valence-corrected chi connectivity index (χ0v) is 11.1. The molecule has 0 aromatic heterocycles. The summed E-state index contributed by atoms with van der Waals surface area (Å²) in [5.41, 5.74) is 1.79. The molecule has 1 aliphatic rings. The molecule has 0 aliphatic heterocycles. The normalized spacial score (nSPS) is 19.7. The molecule has 0 N–H and O–H groups in total. The molecule has 2 rings (SSSR count). The van der Waals surface area contributed by atoms with E-state index in [4.69, 9.17) is 0 Å². The molecular weight excluding hydrogens is 229 g/mol. The fourth-order valence-corrected chi connectivity index (χ4v) is 2.70. The first kappa shape index (κ1) is 13.3. The predicted octanol–water partition coefficient (Wildman–Crippen LogP) is 3.21. The lowest BCUT2D eigenvalue weighted by Crippen LogP contribution is -2.13. The molecule has 0 heterocycles. The molecule has 0 saturated heterocycles. The Kier molecular flexibility index (Phi) is 4.21. The summed E-state index contributed by atoms with van der Waals surface area (Å²) in [6.45, 7) is 2.19. The van der Waals surface area contributed by atoms with Crippen LogP contribution in [0.1, 0.15) is 44.6 Å². The van der Waals surface area contributed by atoms with Crippen LogP contribution >= 0.6 is 0 Å². The Hall–Kier alpha value is -1.12. The van der Waals surface area contributed by atoms with Crippen molar-refractivity contribution in [1.29, 1.82) is 0 Å². The van der Waals surface area contributed by atoms with E-state index < -0.39 is 11.6 Å². The maximum absolute atomic E-state index is 13.9. The zero-order chi connectivity index (χ0) is 13.1. The van der Waals surface area contributed by atoms with Crippen LogP contribution < -0.4 is 5.46 Å². The maximum Gasteiger partial charge on any atom is 0.165 e. The minimum Gasteiger partial charge on any atom is -0.204 e. The third-order valence-electron chi connectivity index (χ3n) is 3.84. The van der Waals surface area contributed by atoms with Crippen LogP contribution in [0.25, 0.3) is 5.57 Å². The van der Waals surface area contributed by atoms with E-state index in [9.17, 15) is 8.78 Å². The third kappa shape index (κ3) is 2.65. The second kappa shape index (κ2) is 5.68. The van der Waals surface area contributed by atoms with E-state index in [0.29, 0.717) is 11.0 Å². The molecule has 1 aromatic carbocycles. The molecule has 0 amide bonds. The van der Waals surface area contributed by atoms with Crippen molar-refractivity contribution in [1.82, 2.24) is 0 Å². The predicted molar refractivity (Wildman–Crippen MR) is 74.8 cm³/mol. The van der Waals surface area contributed by atoms with Crippen LogP contribution in [0, 0.1) is 17.6 Å². The summed E-state index contributed by atoms with van der Waals surface area (Å²) < 4.78 is 27.4. The average molecular weight is 248 g/mol. The number of hydrogen-bond acceptors (Lipinski definition) is 0. The average Bonchev–Trinajstić information content (AvgIpc) is 2.38. The van der Waals surface area contributed by atoms with E-state index >= 15 is 0 Å². The molecule has 1 atom stereocenters. The second-order valence-electron chi connectivity index (χ2n) is 5.22. The van der Waals surface area contributed by atoms with Gasteiger partial charge in [0.1, 0.15) is 7.85 Å². The molecule has 3 heteroatoms. The van der Waals surface area contributed by atoms with E-state index in [1.54, 1.807) is 20.0 Å². The number of rotatable bonds is 3. The van der Waals surface area contributed by atoms with Crippen LogP contribution in [0.4, 0.5) is 8.78 Å². The van der Waals surface area contributed by atoms with Gasteiger partial charge in [0.05, 0.1) is 0 Å². The first-order valence-corrected chi connectivity index (χ1v) is 6.77. The van der Waals surface area contributed by atoms with Gasteiger partial charge in [-0.1, -0.05) is 43.4 Å². The highest BCUT2D eigenvalue weighted by Gasteiger charge is 2.19. The maximum atomic E-state index is 13.9. The molecule has 0 nitrogen and oxygen atoms in total. The Morgan fingerprint density at radius 2 is 2.06 bits per heavy atom. The monoisotopic (exact) mass is 248 g/mol. The zero-order valence-electron chi connectivity index (χ0n) is 11.1. The van der Waals surface area contributed by atoms with E-state index in [1.807, 2.05) is 0 Å². The third-order valence-corrected chi connectivity index (χ3v) is 3.84. The first-order chi connectivity index (χ1) is 8.63. The Bertz CT molecular complexity index is 466. The highest BCUT2D eigenvalue weighted by molar-refractivity contribution is 6.32. The Morgan fingerprint density at radius 3 is 2.67 bits per heavy atom. The van der Waals surface area contributed by atoms with Crippen LogP contribution in [0.5, 0.6) is 0 Å². The molecule has 18 heavy (non-hydrogen) atoms. The number of benzene rings is 1. The summed E-state index contributed by atoms with van der Waals surface area (Å²) in [5, 5.41) is 0. The molecule has 0 bridgehead atoms. The van der Waals surface area contributed by atoms with Crippen molar-refractivity contribution in [2.45, 2.75) is 39.0 Å². The van der Waals surface area contributed by atoms with Crippen LogP contribution in [-0.4, -0.2) is 7.85 Å². The number of halogens is 2. The summed E-state index contributed by atoms with van der Waals surface area (Å²) >= 11 is 0. The summed E-state index contributed by atoms with van der Waals surface area (Å²) in [5.74, 6) is -0.670. The molecule has 1 aliphatic carbocycles. The summed E-state index contributed by atoms with van der Waals surface area (Å²) in [6, 6.07) is 3.37. The van der Waals surface area contributed by atoms with E-state index in [0.717, 1.165) is 30.8 Å². The van der Waals surface area contributed by atoms with E-state index in [1.165, 1.54) is 12.8 Å². The van der Waals surface area contributed by atoms with Gasteiger partial charge in [-0.15, -0.1) is 0 Å². The fourth-order valence-electron chi connectivity index (χ4n) is 2.70. The lowest BCUT2D eigenvalue weighted by molar-refractivity contribution is 0.444. The van der Waals surface area contributed by atoms with Gasteiger partial charge in [0.15, 0.2) is 11.6 Å². The van der Waals surface area contributed by atoms with Gasteiger partial charge in [-0.25, -0.2) is 8.78 Å². The first-order valence-electron chi connectivity index (χ1n) is 6.77. The Labute approximate surface area is 109 Å². The van der Waals surface area contributed by atoms with Gasteiger partial charge in [-0.2, -0.15) is 0 Å². The summed E-state index contributed by atoms with van der Waals surface area (Å²) in [4.78, 5) is 0. The van der Waals surface area contributed by atoms with Crippen molar-refractivity contribution < 1.29 is 8.78 Å². The van der Waals surface area contributed by atoms with E-state index in [-0.39, 0.29) is 0 Å². The van der Waals surface area contributed by atoms with Crippen molar-refractivity contribution in [2.24, 2.45) is 5.92 Å². The van der Waals surface area contributed by atoms with Crippen LogP contribution in [-0.2, 0) is 0 Å². The highest BCUT2D eigenvalue weighted by atomic mass is 19.2. The molecule has 0 saturated carbocycles. The van der Waals surface area contributed by atoms with Gasteiger partial charge < -0.3 is 0 Å². The molecular formula is C15H19BF2. The standard InChI is InChI=1S/C15H19BF2/c1-2-3-10-4-6-11(7-5-10)12-8-9-13(16)15(18)14(12)17/h6,8-10H,2-5,7,16H2,1H3. The van der Waals surface area contributed by atoms with Crippen molar-refractivity contribution >= 4 is 18.9 Å². The van der Waals surface area contributed by atoms with Gasteiger partial charge in [-0.3, -0.25) is 0 Å². The topological polar surface area (TPSA) is 0 Å². The molecule has 0 spiro atoms. The van der Waals surface area contributed by atoms with Crippen molar-refractivity contribution in [2.75, 3.05) is 0 Å². The van der Waals surface area contributed by atoms with Gasteiger partial charge in [-0.05, 0) is 30.8 Å². The van der Waals surface area contributed by atoms with Gasteiger partial charge in [0.25, 0.3) is 0 Å². The second-order valence-corrected chi connectivity index (χ2v) is 5.22. The van der Waals surface area contributed by atoms with Crippen molar-refractivity contribution in [3.05, 3.63) is 35.4 Å². The highest BCUT2D eigenvalue weighted by Crippen LogP contribution is 2.33. The number of hydrogen-bond donors (Lipinski definition) is 0. The minimum atomic E-state index is -0.705. The van der Waals surface area contributed by atoms with Crippen molar-refractivity contribution in [3.8, 4) is 0 Å². The molecule has 0 fully saturated rings. The molecule has 1 aromatic rings. The number of allylic oxidation sites excluding steroid dienone is 2. The fraction of sp³-hybridized carbons (Fsp3) is 0.467. The Morgan fingerprint density at radius 1 is 1.28 bits per heavy atom. The molecule has 1 unspecified atom stereocenters. The lowest BCUT2D eigenvalue weighted by atomic mass is 9.83. The van der Waals surface area contributed by atoms with Crippen LogP contribution in [0.15, 0.2) is 18.2 Å². The lowest BCUT2D eigenvalue weighted by Gasteiger charge is -2.22. The molecule has 0 radical (unpaired) electrons. The summed E-state index contributed by atoms with van der Waals surface area (Å²) in [7, 11) is 1.59. The van der Waals surface area contributed by atoms with Gasteiger partial charge in [0, 0.05) is 5.56 Å². The van der Waals surface area contributed by atoms with Crippen molar-refractivity contribution in [3.63, 3.8) is 0 Å². The quantitative estimate of drug-likeness (QED) is 0.720. The SMILES string of the molecule is Bc1ccc(C2=CCC(CCC)CC2)c(F)c1F. The Balaban J connectivity index is 2.21.